The van der Waals surface area contributed by atoms with E-state index in [1.54, 1.807) is 17.5 Å². The van der Waals surface area contributed by atoms with Crippen molar-refractivity contribution in [1.82, 2.24) is 10.3 Å². The van der Waals surface area contributed by atoms with Gasteiger partial charge in [-0.05, 0) is 41.1 Å². The minimum atomic E-state index is 0.652. The summed E-state index contributed by atoms with van der Waals surface area (Å²) in [5.41, 5.74) is 0.930. The van der Waals surface area contributed by atoms with Crippen LogP contribution in [-0.2, 0) is 6.54 Å². The smallest absolute Gasteiger partial charge is 0.140 e. The van der Waals surface area contributed by atoms with E-state index in [9.17, 15) is 0 Å². The Kier molecular flexibility index (Phi) is 5.16. The van der Waals surface area contributed by atoms with Crippen molar-refractivity contribution in [3.05, 3.63) is 44.8 Å². The molecular weight excluding hydrogens is 312 g/mol. The van der Waals surface area contributed by atoms with Gasteiger partial charge < -0.3 is 10.1 Å². The average Bonchev–Trinajstić information content (AvgIpc) is 2.77. The topological polar surface area (TPSA) is 34.1 Å². The fourth-order valence-electron chi connectivity index (χ4n) is 1.51. The molecule has 0 aliphatic rings. The Morgan fingerprint density at radius 1 is 1.50 bits per heavy atom. The molecule has 0 fully saturated rings. The second-order valence-corrected chi connectivity index (χ2v) is 5.75. The molecule has 0 aliphatic carbocycles. The summed E-state index contributed by atoms with van der Waals surface area (Å²) in [5, 5.41) is 5.44. The van der Waals surface area contributed by atoms with Gasteiger partial charge >= 0.3 is 0 Å². The fraction of sp³-hybridized carbons (Fsp3) is 0.308. The second-order valence-electron chi connectivity index (χ2n) is 3.84. The minimum absolute atomic E-state index is 0.652. The summed E-state index contributed by atoms with van der Waals surface area (Å²) in [6, 6.07) is 5.96. The van der Waals surface area contributed by atoms with Crippen LogP contribution in [-0.4, -0.2) is 18.1 Å². The molecule has 3 nitrogen and oxygen atoms in total. The summed E-state index contributed by atoms with van der Waals surface area (Å²) in [4.78, 5) is 5.50. The molecule has 0 amide bonds. The average molecular weight is 327 g/mol. The Labute approximate surface area is 119 Å². The van der Waals surface area contributed by atoms with E-state index in [0.717, 1.165) is 29.0 Å². The van der Waals surface area contributed by atoms with E-state index in [2.05, 4.69) is 37.7 Å². The lowest BCUT2D eigenvalue weighted by atomic mass is 10.3. The number of rotatable bonds is 6. The highest BCUT2D eigenvalue weighted by atomic mass is 79.9. The highest BCUT2D eigenvalue weighted by molar-refractivity contribution is 9.10. The van der Waals surface area contributed by atoms with Crippen LogP contribution in [0.25, 0.3) is 0 Å². The number of ether oxygens (including phenoxy) is 1. The summed E-state index contributed by atoms with van der Waals surface area (Å²) in [6.45, 7) is 4.31. The number of thiophene rings is 1. The molecule has 0 bridgehead atoms. The monoisotopic (exact) mass is 326 g/mol. The zero-order valence-electron chi connectivity index (χ0n) is 10.1. The number of pyridine rings is 1. The third-order valence-electron chi connectivity index (χ3n) is 2.42. The zero-order valence-corrected chi connectivity index (χ0v) is 12.6. The Morgan fingerprint density at radius 3 is 3.11 bits per heavy atom. The summed E-state index contributed by atoms with van der Waals surface area (Å²) >= 11 is 5.19. The van der Waals surface area contributed by atoms with Crippen LogP contribution in [0.5, 0.6) is 5.75 Å². The van der Waals surface area contributed by atoms with Gasteiger partial charge in [0.15, 0.2) is 0 Å². The lowest BCUT2D eigenvalue weighted by Gasteiger charge is -2.08. The molecule has 0 atom stereocenters. The van der Waals surface area contributed by atoms with Gasteiger partial charge in [-0.15, -0.1) is 11.3 Å². The standard InChI is InChI=1S/C13H15BrN2OS/c1-10-13(3-2-4-16-10)17-6-5-15-8-12-7-11(14)9-18-12/h2-4,7,9,15H,5-6,8H2,1H3. The van der Waals surface area contributed by atoms with Crippen LogP contribution in [0.2, 0.25) is 0 Å². The van der Waals surface area contributed by atoms with Crippen molar-refractivity contribution in [2.24, 2.45) is 0 Å². The molecule has 0 unspecified atom stereocenters. The van der Waals surface area contributed by atoms with E-state index in [-0.39, 0.29) is 0 Å². The van der Waals surface area contributed by atoms with Crippen LogP contribution in [0.3, 0.4) is 0 Å². The van der Waals surface area contributed by atoms with Crippen LogP contribution >= 0.6 is 27.3 Å². The first-order valence-corrected chi connectivity index (χ1v) is 7.41. The minimum Gasteiger partial charge on any atom is -0.490 e. The number of halogens is 1. The van der Waals surface area contributed by atoms with Gasteiger partial charge in [0, 0.05) is 34.0 Å². The molecule has 2 aromatic heterocycles. The van der Waals surface area contributed by atoms with Crippen molar-refractivity contribution in [1.29, 1.82) is 0 Å². The predicted octanol–water partition coefficient (Wildman–Crippen LogP) is 3.38. The normalized spacial score (nSPS) is 10.6. The molecule has 2 heterocycles. The number of aromatic nitrogens is 1. The van der Waals surface area contributed by atoms with Crippen LogP contribution < -0.4 is 10.1 Å². The van der Waals surface area contributed by atoms with Crippen molar-refractivity contribution < 1.29 is 4.74 Å². The molecule has 5 heteroatoms. The summed E-state index contributed by atoms with van der Waals surface area (Å²) in [7, 11) is 0. The van der Waals surface area contributed by atoms with E-state index in [1.807, 2.05) is 19.1 Å². The summed E-state index contributed by atoms with van der Waals surface area (Å²) in [6.07, 6.45) is 1.77. The maximum Gasteiger partial charge on any atom is 0.140 e. The van der Waals surface area contributed by atoms with Gasteiger partial charge in [0.1, 0.15) is 12.4 Å². The van der Waals surface area contributed by atoms with E-state index in [0.29, 0.717) is 6.61 Å². The molecular formula is C13H15BrN2OS. The quantitative estimate of drug-likeness (QED) is 0.826. The van der Waals surface area contributed by atoms with E-state index in [4.69, 9.17) is 4.74 Å². The Morgan fingerprint density at radius 2 is 2.39 bits per heavy atom. The van der Waals surface area contributed by atoms with E-state index in [1.165, 1.54) is 4.88 Å². The lowest BCUT2D eigenvalue weighted by molar-refractivity contribution is 0.310. The van der Waals surface area contributed by atoms with E-state index >= 15 is 0 Å². The van der Waals surface area contributed by atoms with Crippen molar-refractivity contribution in [3.8, 4) is 5.75 Å². The molecule has 0 aliphatic heterocycles. The Balaban J connectivity index is 1.66. The second kappa shape index (κ2) is 6.87. The van der Waals surface area contributed by atoms with Gasteiger partial charge in [-0.3, -0.25) is 4.98 Å². The van der Waals surface area contributed by atoms with Crippen LogP contribution in [0.1, 0.15) is 10.6 Å². The number of hydrogen-bond acceptors (Lipinski definition) is 4. The molecule has 0 radical (unpaired) electrons. The molecule has 0 aromatic carbocycles. The number of hydrogen-bond donors (Lipinski definition) is 1. The number of aryl methyl sites for hydroxylation is 1. The summed E-state index contributed by atoms with van der Waals surface area (Å²) in [5.74, 6) is 0.859. The molecule has 1 N–H and O–H groups in total. The first kappa shape index (κ1) is 13.5. The number of nitrogens with zero attached hydrogens (tertiary/aromatic N) is 1. The first-order valence-electron chi connectivity index (χ1n) is 5.74. The summed E-state index contributed by atoms with van der Waals surface area (Å²) < 4.78 is 6.79. The lowest BCUT2D eigenvalue weighted by Crippen LogP contribution is -2.20. The fourth-order valence-corrected chi connectivity index (χ4v) is 2.93. The van der Waals surface area contributed by atoms with Crippen molar-refractivity contribution in [2.45, 2.75) is 13.5 Å². The van der Waals surface area contributed by atoms with Crippen molar-refractivity contribution in [2.75, 3.05) is 13.2 Å². The molecule has 96 valence electrons. The number of nitrogens with one attached hydrogen (secondary N) is 1. The molecule has 2 aromatic rings. The third kappa shape index (κ3) is 4.08. The van der Waals surface area contributed by atoms with Crippen LogP contribution in [0.4, 0.5) is 0 Å². The van der Waals surface area contributed by atoms with Gasteiger partial charge in [0.2, 0.25) is 0 Å². The maximum absolute atomic E-state index is 5.65. The van der Waals surface area contributed by atoms with Gasteiger partial charge in [-0.2, -0.15) is 0 Å². The van der Waals surface area contributed by atoms with Gasteiger partial charge in [0.25, 0.3) is 0 Å². The van der Waals surface area contributed by atoms with Gasteiger partial charge in [-0.25, -0.2) is 0 Å². The molecule has 0 spiro atoms. The molecule has 2 rings (SSSR count). The SMILES string of the molecule is Cc1ncccc1OCCNCc1cc(Br)cs1. The molecule has 0 saturated carbocycles. The first-order chi connectivity index (χ1) is 8.75. The Bertz CT molecular complexity index is 501. The Hall–Kier alpha value is -0.910. The van der Waals surface area contributed by atoms with Crippen molar-refractivity contribution >= 4 is 27.3 Å². The molecule has 0 saturated heterocycles. The predicted molar refractivity (Wildman–Crippen MR) is 78.2 cm³/mol. The van der Waals surface area contributed by atoms with Crippen LogP contribution in [0.15, 0.2) is 34.2 Å². The third-order valence-corrected chi connectivity index (χ3v) is 4.11. The van der Waals surface area contributed by atoms with Gasteiger partial charge in [0.05, 0.1) is 5.69 Å². The largest absolute Gasteiger partial charge is 0.490 e. The van der Waals surface area contributed by atoms with Crippen molar-refractivity contribution in [3.63, 3.8) is 0 Å². The highest BCUT2D eigenvalue weighted by Gasteiger charge is 1.99. The zero-order chi connectivity index (χ0) is 12.8. The highest BCUT2D eigenvalue weighted by Crippen LogP contribution is 2.19. The van der Waals surface area contributed by atoms with E-state index < -0.39 is 0 Å². The van der Waals surface area contributed by atoms with Crippen LogP contribution in [0, 0.1) is 6.92 Å². The van der Waals surface area contributed by atoms with Gasteiger partial charge in [-0.1, -0.05) is 0 Å². The molecule has 18 heavy (non-hydrogen) atoms. The maximum atomic E-state index is 5.65.